The van der Waals surface area contributed by atoms with Crippen LogP contribution in [0.2, 0.25) is 0 Å². The molecule has 0 amide bonds. The number of carboxylic acids is 1. The number of benzene rings is 2. The maximum absolute atomic E-state index is 11.4. The number of aromatic nitrogens is 2. The third-order valence-corrected chi connectivity index (χ3v) is 4.70. The van der Waals surface area contributed by atoms with E-state index in [9.17, 15) is 15.0 Å². The van der Waals surface area contributed by atoms with Gasteiger partial charge in [0.25, 0.3) is 0 Å². The Morgan fingerprint density at radius 1 is 1.11 bits per heavy atom. The van der Waals surface area contributed by atoms with Gasteiger partial charge >= 0.3 is 5.97 Å². The van der Waals surface area contributed by atoms with Gasteiger partial charge in [0, 0.05) is 13.0 Å². The quantitative estimate of drug-likeness (QED) is 0.630. The van der Waals surface area contributed by atoms with E-state index in [0.717, 1.165) is 42.0 Å². The molecule has 3 aromatic rings. The second kappa shape index (κ2) is 8.64. The van der Waals surface area contributed by atoms with Crippen LogP contribution in [0.15, 0.2) is 54.7 Å². The molecule has 0 atom stereocenters. The second-order valence-corrected chi connectivity index (χ2v) is 6.55. The van der Waals surface area contributed by atoms with E-state index in [4.69, 9.17) is 0 Å². The highest BCUT2D eigenvalue weighted by molar-refractivity contribution is 5.95. The molecule has 0 saturated carbocycles. The molecule has 1 heterocycles. The first-order valence-corrected chi connectivity index (χ1v) is 9.19. The number of carboxylic acid groups (broad SMARTS) is 1. The van der Waals surface area contributed by atoms with E-state index < -0.39 is 5.97 Å². The summed E-state index contributed by atoms with van der Waals surface area (Å²) in [5, 5.41) is 18.9. The Kier molecular flexibility index (Phi) is 6.04. The minimum Gasteiger partial charge on any atom is -0.478 e. The van der Waals surface area contributed by atoms with Crippen LogP contribution in [0.1, 0.15) is 47.2 Å². The molecule has 0 aliphatic rings. The summed E-state index contributed by atoms with van der Waals surface area (Å²) in [5.74, 6) is 0.00958. The Morgan fingerprint density at radius 3 is 2.52 bits per heavy atom. The van der Waals surface area contributed by atoms with Crippen LogP contribution >= 0.6 is 0 Å². The molecule has 0 spiro atoms. The molecule has 1 aromatic heterocycles. The minimum absolute atomic E-state index is 0.0123. The number of hydrogen-bond donors (Lipinski definition) is 2. The Labute approximate surface area is 158 Å². The average Bonchev–Trinajstić information content (AvgIpc) is 3.08. The molecule has 2 aromatic carbocycles. The Hall–Kier alpha value is -2.92. The number of aromatic carboxylic acids is 1. The molecule has 0 aliphatic carbocycles. The van der Waals surface area contributed by atoms with Crippen molar-refractivity contribution in [3.8, 4) is 11.1 Å². The van der Waals surface area contributed by atoms with Gasteiger partial charge < -0.3 is 14.8 Å². The number of hydrogen-bond acceptors (Lipinski definition) is 3. The molecule has 0 radical (unpaired) electrons. The van der Waals surface area contributed by atoms with Crippen molar-refractivity contribution in [1.82, 2.24) is 9.55 Å². The highest BCUT2D eigenvalue weighted by Crippen LogP contribution is 2.25. The SMILES string of the molecule is CCCCn1c(CO)cnc1Cc1ccc(-c2ccccc2C(=O)O)cc1. The van der Waals surface area contributed by atoms with Gasteiger partial charge in [0.1, 0.15) is 5.82 Å². The van der Waals surface area contributed by atoms with Crippen LogP contribution in [-0.2, 0) is 19.6 Å². The van der Waals surface area contributed by atoms with Crippen LogP contribution in [0.3, 0.4) is 0 Å². The smallest absolute Gasteiger partial charge is 0.336 e. The maximum atomic E-state index is 11.4. The molecular formula is C22H24N2O3. The van der Waals surface area contributed by atoms with Crippen molar-refractivity contribution < 1.29 is 15.0 Å². The van der Waals surface area contributed by atoms with E-state index in [1.54, 1.807) is 18.3 Å². The lowest BCUT2D eigenvalue weighted by Crippen LogP contribution is -2.08. The summed E-state index contributed by atoms with van der Waals surface area (Å²) in [5.41, 5.74) is 3.82. The van der Waals surface area contributed by atoms with Crippen molar-refractivity contribution in [2.45, 2.75) is 39.3 Å². The highest BCUT2D eigenvalue weighted by Gasteiger charge is 2.12. The summed E-state index contributed by atoms with van der Waals surface area (Å²) < 4.78 is 2.09. The lowest BCUT2D eigenvalue weighted by molar-refractivity contribution is 0.0697. The van der Waals surface area contributed by atoms with Gasteiger partial charge in [-0.2, -0.15) is 0 Å². The van der Waals surface area contributed by atoms with E-state index in [-0.39, 0.29) is 6.61 Å². The van der Waals surface area contributed by atoms with Gasteiger partial charge in [-0.25, -0.2) is 9.78 Å². The molecule has 140 valence electrons. The van der Waals surface area contributed by atoms with Crippen molar-refractivity contribution in [3.63, 3.8) is 0 Å². The van der Waals surface area contributed by atoms with Crippen LogP contribution in [0.4, 0.5) is 0 Å². The molecule has 0 fully saturated rings. The van der Waals surface area contributed by atoms with Gasteiger partial charge in [-0.05, 0) is 29.2 Å². The number of aliphatic hydroxyl groups excluding tert-OH is 1. The number of rotatable bonds is 8. The van der Waals surface area contributed by atoms with E-state index in [1.807, 2.05) is 36.4 Å². The van der Waals surface area contributed by atoms with Gasteiger partial charge in [-0.3, -0.25) is 0 Å². The van der Waals surface area contributed by atoms with Crippen LogP contribution < -0.4 is 0 Å². The number of unbranched alkanes of at least 4 members (excludes halogenated alkanes) is 1. The Bertz CT molecular complexity index is 914. The fraction of sp³-hybridized carbons (Fsp3) is 0.273. The molecule has 2 N–H and O–H groups in total. The lowest BCUT2D eigenvalue weighted by atomic mass is 9.98. The summed E-state index contributed by atoms with van der Waals surface area (Å²) in [6, 6.07) is 14.9. The normalized spacial score (nSPS) is 10.9. The molecule has 0 bridgehead atoms. The topological polar surface area (TPSA) is 75.3 Å². The van der Waals surface area contributed by atoms with Gasteiger partial charge in [-0.15, -0.1) is 0 Å². The van der Waals surface area contributed by atoms with E-state index in [2.05, 4.69) is 16.5 Å². The van der Waals surface area contributed by atoms with E-state index in [0.29, 0.717) is 17.5 Å². The van der Waals surface area contributed by atoms with Crippen LogP contribution in [0.25, 0.3) is 11.1 Å². The van der Waals surface area contributed by atoms with Gasteiger partial charge in [-0.1, -0.05) is 55.8 Å². The van der Waals surface area contributed by atoms with Gasteiger partial charge in [0.15, 0.2) is 0 Å². The Morgan fingerprint density at radius 2 is 1.85 bits per heavy atom. The molecule has 0 aliphatic heterocycles. The van der Waals surface area contributed by atoms with Crippen LogP contribution in [-0.4, -0.2) is 25.7 Å². The predicted octanol–water partition coefficient (Wildman–Crippen LogP) is 4.13. The molecule has 27 heavy (non-hydrogen) atoms. The van der Waals surface area contributed by atoms with Crippen LogP contribution in [0.5, 0.6) is 0 Å². The van der Waals surface area contributed by atoms with Gasteiger partial charge in [0.2, 0.25) is 0 Å². The van der Waals surface area contributed by atoms with Crippen LogP contribution in [0, 0.1) is 0 Å². The third-order valence-electron chi connectivity index (χ3n) is 4.70. The maximum Gasteiger partial charge on any atom is 0.336 e. The first-order valence-electron chi connectivity index (χ1n) is 9.19. The number of nitrogens with zero attached hydrogens (tertiary/aromatic N) is 2. The molecule has 5 nitrogen and oxygen atoms in total. The van der Waals surface area contributed by atoms with Crippen molar-refractivity contribution in [2.24, 2.45) is 0 Å². The fourth-order valence-corrected chi connectivity index (χ4v) is 3.22. The van der Waals surface area contributed by atoms with Crippen molar-refractivity contribution in [1.29, 1.82) is 0 Å². The molecule has 5 heteroatoms. The summed E-state index contributed by atoms with van der Waals surface area (Å²) in [6.07, 6.45) is 4.54. The number of carbonyl (C=O) groups is 1. The number of aliphatic hydroxyl groups is 1. The summed E-state index contributed by atoms with van der Waals surface area (Å²) in [4.78, 5) is 15.9. The van der Waals surface area contributed by atoms with Crippen molar-refractivity contribution in [3.05, 3.63) is 77.4 Å². The third kappa shape index (κ3) is 4.26. The standard InChI is InChI=1S/C22H24N2O3/c1-2-3-12-24-18(15-25)14-23-21(24)13-16-8-10-17(11-9-16)19-6-4-5-7-20(19)22(26)27/h4-11,14,25H,2-3,12-13,15H2,1H3,(H,26,27). The molecule has 0 saturated heterocycles. The zero-order valence-electron chi connectivity index (χ0n) is 15.4. The van der Waals surface area contributed by atoms with Gasteiger partial charge in [0.05, 0.1) is 24.1 Å². The average molecular weight is 364 g/mol. The largest absolute Gasteiger partial charge is 0.478 e. The van der Waals surface area contributed by atoms with Crippen molar-refractivity contribution >= 4 is 5.97 Å². The fourth-order valence-electron chi connectivity index (χ4n) is 3.22. The lowest BCUT2D eigenvalue weighted by Gasteiger charge is -2.11. The summed E-state index contributed by atoms with van der Waals surface area (Å²) >= 11 is 0. The van der Waals surface area contributed by atoms with E-state index >= 15 is 0 Å². The molecule has 0 unspecified atom stereocenters. The molecular weight excluding hydrogens is 340 g/mol. The summed E-state index contributed by atoms with van der Waals surface area (Å²) in [7, 11) is 0. The van der Waals surface area contributed by atoms with E-state index in [1.165, 1.54) is 0 Å². The first-order chi connectivity index (χ1) is 13.1. The Balaban J connectivity index is 1.83. The summed E-state index contributed by atoms with van der Waals surface area (Å²) in [6.45, 7) is 2.98. The van der Waals surface area contributed by atoms with Crippen molar-refractivity contribution in [2.75, 3.05) is 0 Å². The highest BCUT2D eigenvalue weighted by atomic mass is 16.4. The second-order valence-electron chi connectivity index (χ2n) is 6.55. The monoisotopic (exact) mass is 364 g/mol. The first kappa shape index (κ1) is 18.9. The number of imidazole rings is 1. The predicted molar refractivity (Wildman–Crippen MR) is 105 cm³/mol. The minimum atomic E-state index is -0.927. The molecule has 3 rings (SSSR count). The zero-order valence-corrected chi connectivity index (χ0v) is 15.4. The zero-order chi connectivity index (χ0) is 19.2.